The molecule has 1 aromatic rings. The van der Waals surface area contributed by atoms with Gasteiger partial charge in [0, 0.05) is 41.7 Å². The highest BCUT2D eigenvalue weighted by Crippen LogP contribution is 2.47. The smallest absolute Gasteiger partial charge is 0.336 e. The minimum atomic E-state index is -0.539. The van der Waals surface area contributed by atoms with E-state index in [2.05, 4.69) is 24.1 Å². The minimum absolute atomic E-state index is 0.0329. The zero-order valence-electron chi connectivity index (χ0n) is 14.8. The number of nitrogens with zero attached hydrogens (tertiary/aromatic N) is 1. The summed E-state index contributed by atoms with van der Waals surface area (Å²) in [6, 6.07) is 1.76. The summed E-state index contributed by atoms with van der Waals surface area (Å²) in [7, 11) is 1.34. The van der Waals surface area contributed by atoms with Crippen molar-refractivity contribution in [1.29, 1.82) is 0 Å². The molecule has 1 N–H and O–H groups in total. The third kappa shape index (κ3) is 3.09. The molecule has 0 aromatic carbocycles. The Labute approximate surface area is 152 Å². The highest BCUT2D eigenvalue weighted by atomic mass is 35.5. The number of aromatic nitrogens is 1. The van der Waals surface area contributed by atoms with Crippen molar-refractivity contribution >= 4 is 23.4 Å². The molecule has 0 bridgehead atoms. The number of carbonyl (C=O) groups excluding carboxylic acids is 2. The van der Waals surface area contributed by atoms with Crippen molar-refractivity contribution in [3.8, 4) is 0 Å². The molecule has 3 rings (SSSR count). The molecule has 0 saturated carbocycles. The summed E-state index contributed by atoms with van der Waals surface area (Å²) >= 11 is 6.36. The van der Waals surface area contributed by atoms with Crippen molar-refractivity contribution in [2.45, 2.75) is 39.5 Å². The largest absolute Gasteiger partial charge is 0.466 e. The van der Waals surface area contributed by atoms with Crippen LogP contribution in [0.25, 0.3) is 0 Å². The maximum atomic E-state index is 13.0. The summed E-state index contributed by atoms with van der Waals surface area (Å²) < 4.78 is 4.98. The Balaban J connectivity index is 2.24. The first-order valence-electron chi connectivity index (χ1n) is 8.17. The zero-order valence-corrected chi connectivity index (χ0v) is 15.5. The number of ether oxygens (including phenoxy) is 1. The number of rotatable bonds is 2. The molecule has 0 fully saturated rings. The van der Waals surface area contributed by atoms with Crippen LogP contribution < -0.4 is 5.32 Å². The molecular weight excluding hydrogens is 340 g/mol. The molecule has 0 amide bonds. The predicted octanol–water partition coefficient (Wildman–Crippen LogP) is 3.51. The van der Waals surface area contributed by atoms with Crippen LogP contribution in [-0.2, 0) is 14.3 Å². The molecule has 0 spiro atoms. The average molecular weight is 361 g/mol. The van der Waals surface area contributed by atoms with Gasteiger partial charge < -0.3 is 10.1 Å². The van der Waals surface area contributed by atoms with Crippen LogP contribution in [0.1, 0.15) is 45.1 Å². The van der Waals surface area contributed by atoms with Gasteiger partial charge in [-0.1, -0.05) is 25.4 Å². The minimum Gasteiger partial charge on any atom is -0.466 e. The molecule has 0 unspecified atom stereocenters. The van der Waals surface area contributed by atoms with Crippen LogP contribution in [0.3, 0.4) is 0 Å². The van der Waals surface area contributed by atoms with Crippen LogP contribution in [0.5, 0.6) is 0 Å². The zero-order chi connectivity index (χ0) is 18.4. The van der Waals surface area contributed by atoms with Gasteiger partial charge in [-0.15, -0.1) is 0 Å². The molecule has 0 radical (unpaired) electrons. The van der Waals surface area contributed by atoms with E-state index in [1.807, 2.05) is 6.92 Å². The molecule has 1 aromatic heterocycles. The van der Waals surface area contributed by atoms with E-state index in [0.29, 0.717) is 33.9 Å². The van der Waals surface area contributed by atoms with Crippen LogP contribution in [-0.4, -0.2) is 23.8 Å². The number of methoxy groups -OCH3 is 1. The fraction of sp³-hybridized carbons (Fsp3) is 0.421. The van der Waals surface area contributed by atoms with Crippen LogP contribution in [0.15, 0.2) is 41.0 Å². The summed E-state index contributed by atoms with van der Waals surface area (Å²) in [6.07, 6.45) is 4.31. The highest BCUT2D eigenvalue weighted by Gasteiger charge is 2.43. The van der Waals surface area contributed by atoms with Gasteiger partial charge in [-0.2, -0.15) is 0 Å². The Morgan fingerprint density at radius 1 is 1.40 bits per heavy atom. The lowest BCUT2D eigenvalue weighted by Gasteiger charge is -2.39. The summed E-state index contributed by atoms with van der Waals surface area (Å²) in [6.45, 7) is 5.96. The molecule has 6 heteroatoms. The van der Waals surface area contributed by atoms with Gasteiger partial charge in [-0.05, 0) is 30.4 Å². The van der Waals surface area contributed by atoms with E-state index in [-0.39, 0.29) is 11.2 Å². The number of dihydropyridines is 1. The Morgan fingerprint density at radius 2 is 2.12 bits per heavy atom. The van der Waals surface area contributed by atoms with Gasteiger partial charge in [-0.25, -0.2) is 4.79 Å². The van der Waals surface area contributed by atoms with Crippen LogP contribution in [0.4, 0.5) is 0 Å². The lowest BCUT2D eigenvalue weighted by molar-refractivity contribution is -0.136. The van der Waals surface area contributed by atoms with Crippen molar-refractivity contribution in [3.05, 3.63) is 51.6 Å². The molecule has 2 aliphatic rings. The Bertz CT molecular complexity index is 824. The maximum absolute atomic E-state index is 13.0. The van der Waals surface area contributed by atoms with Crippen LogP contribution in [0, 0.1) is 5.41 Å². The standard InChI is InChI=1S/C19H21ClN2O3/c1-10-15(18(24)25-4)16(11-5-6-21-9-12(11)20)17-13(22-10)7-19(2,3)8-14(17)23/h5-6,9,16,22H,7-8H2,1-4H3/t16-/m0/s1. The number of carbonyl (C=O) groups is 2. The third-order valence-corrected chi connectivity index (χ3v) is 5.08. The number of allylic oxidation sites excluding steroid dienone is 3. The monoisotopic (exact) mass is 360 g/mol. The molecule has 132 valence electrons. The number of hydrogen-bond donors (Lipinski definition) is 1. The second-order valence-electron chi connectivity index (χ2n) is 7.32. The first kappa shape index (κ1) is 17.7. The number of hydrogen-bond acceptors (Lipinski definition) is 5. The van der Waals surface area contributed by atoms with Gasteiger partial charge in [-0.3, -0.25) is 9.78 Å². The van der Waals surface area contributed by atoms with Gasteiger partial charge in [0.25, 0.3) is 0 Å². The number of nitrogens with one attached hydrogen (secondary N) is 1. The Hall–Kier alpha value is -2.14. The number of Topliss-reactive ketones (excluding diaryl/α,β-unsaturated/α-hetero) is 1. The van der Waals surface area contributed by atoms with E-state index < -0.39 is 11.9 Å². The van der Waals surface area contributed by atoms with Crippen molar-refractivity contribution in [1.82, 2.24) is 10.3 Å². The molecule has 5 nitrogen and oxygen atoms in total. The van der Waals surface area contributed by atoms with E-state index in [4.69, 9.17) is 16.3 Å². The Morgan fingerprint density at radius 3 is 2.76 bits per heavy atom. The third-order valence-electron chi connectivity index (χ3n) is 4.76. The van der Waals surface area contributed by atoms with Crippen molar-refractivity contribution in [2.24, 2.45) is 5.41 Å². The average Bonchev–Trinajstić information content (AvgIpc) is 2.52. The van der Waals surface area contributed by atoms with Gasteiger partial charge in [0.1, 0.15) is 0 Å². The first-order chi connectivity index (χ1) is 11.7. The lowest BCUT2D eigenvalue weighted by Crippen LogP contribution is -2.38. The van der Waals surface area contributed by atoms with Gasteiger partial charge >= 0.3 is 5.97 Å². The molecule has 25 heavy (non-hydrogen) atoms. The van der Waals surface area contributed by atoms with Gasteiger partial charge in [0.05, 0.1) is 17.7 Å². The topological polar surface area (TPSA) is 68.3 Å². The van der Waals surface area contributed by atoms with Crippen molar-refractivity contribution in [2.75, 3.05) is 7.11 Å². The summed E-state index contributed by atoms with van der Waals surface area (Å²) in [5.74, 6) is -0.972. The molecule has 1 aliphatic carbocycles. The van der Waals surface area contributed by atoms with Gasteiger partial charge in [0.15, 0.2) is 5.78 Å². The Kier molecular flexibility index (Phi) is 4.45. The molecule has 1 aliphatic heterocycles. The highest BCUT2D eigenvalue weighted by molar-refractivity contribution is 6.31. The second-order valence-corrected chi connectivity index (χ2v) is 7.73. The number of esters is 1. The van der Waals surface area contributed by atoms with E-state index in [0.717, 1.165) is 12.1 Å². The van der Waals surface area contributed by atoms with Crippen molar-refractivity contribution in [3.63, 3.8) is 0 Å². The SMILES string of the molecule is COC(=O)C1=C(C)NC2=C(C(=O)CC(C)(C)C2)[C@H]1c1ccncc1Cl. The summed E-state index contributed by atoms with van der Waals surface area (Å²) in [5, 5.41) is 3.69. The summed E-state index contributed by atoms with van der Waals surface area (Å²) in [5.41, 5.74) is 3.15. The van der Waals surface area contributed by atoms with E-state index in [1.165, 1.54) is 13.3 Å². The number of ketones is 1. The predicted molar refractivity (Wildman–Crippen MR) is 94.9 cm³/mol. The molecule has 0 saturated heterocycles. The number of pyridine rings is 1. The number of halogens is 1. The van der Waals surface area contributed by atoms with Crippen LogP contribution >= 0.6 is 11.6 Å². The summed E-state index contributed by atoms with van der Waals surface area (Å²) in [4.78, 5) is 29.5. The normalized spacial score (nSPS) is 22.4. The lowest BCUT2D eigenvalue weighted by atomic mass is 9.68. The quantitative estimate of drug-likeness (QED) is 0.817. The molecule has 1 atom stereocenters. The van der Waals surface area contributed by atoms with E-state index >= 15 is 0 Å². The second kappa shape index (κ2) is 6.30. The maximum Gasteiger partial charge on any atom is 0.336 e. The van der Waals surface area contributed by atoms with Crippen molar-refractivity contribution < 1.29 is 14.3 Å². The fourth-order valence-electron chi connectivity index (χ4n) is 3.75. The molecule has 2 heterocycles. The van der Waals surface area contributed by atoms with E-state index in [9.17, 15) is 9.59 Å². The van der Waals surface area contributed by atoms with Gasteiger partial charge in [0.2, 0.25) is 0 Å². The first-order valence-corrected chi connectivity index (χ1v) is 8.54. The molecular formula is C19H21ClN2O3. The van der Waals surface area contributed by atoms with Crippen LogP contribution in [0.2, 0.25) is 5.02 Å². The van der Waals surface area contributed by atoms with E-state index in [1.54, 1.807) is 12.3 Å². The fourth-order valence-corrected chi connectivity index (χ4v) is 3.98.